The first-order chi connectivity index (χ1) is 23.2. The number of aryl methyl sites for hydroxylation is 1. The van der Waals surface area contributed by atoms with Gasteiger partial charge in [-0.1, -0.05) is 13.0 Å². The Kier molecular flexibility index (Phi) is 13.6. The second-order valence-corrected chi connectivity index (χ2v) is 11.5. The summed E-state index contributed by atoms with van der Waals surface area (Å²) in [6.45, 7) is 7.88. The highest BCUT2D eigenvalue weighted by atomic mass is 16.6. The van der Waals surface area contributed by atoms with Crippen LogP contribution in [0.25, 0.3) is 0 Å². The van der Waals surface area contributed by atoms with E-state index in [4.69, 9.17) is 28.4 Å². The monoisotopic (exact) mass is 658 g/mol. The summed E-state index contributed by atoms with van der Waals surface area (Å²) in [5.41, 5.74) is 1.32. The van der Waals surface area contributed by atoms with Crippen molar-refractivity contribution in [3.05, 3.63) is 96.1 Å². The van der Waals surface area contributed by atoms with Gasteiger partial charge < -0.3 is 28.4 Å². The molecular weight excluding hydrogens is 616 g/mol. The Balaban J connectivity index is 1.19. The van der Waals surface area contributed by atoms with E-state index in [1.807, 2.05) is 0 Å². The quantitative estimate of drug-likeness (QED) is 0.0599. The van der Waals surface area contributed by atoms with E-state index in [2.05, 4.69) is 6.58 Å². The molecule has 0 saturated heterocycles. The average Bonchev–Trinajstić information content (AvgIpc) is 3.05. The van der Waals surface area contributed by atoms with E-state index >= 15 is 0 Å². The minimum Gasteiger partial charge on any atom is -0.494 e. The average molecular weight is 659 g/mol. The Labute approximate surface area is 280 Å². The Bertz CT molecular complexity index is 1540. The van der Waals surface area contributed by atoms with E-state index in [1.165, 1.54) is 13.0 Å². The van der Waals surface area contributed by atoms with Gasteiger partial charge in [0.2, 0.25) is 0 Å². The van der Waals surface area contributed by atoms with Gasteiger partial charge in [0.05, 0.1) is 30.9 Å². The van der Waals surface area contributed by atoms with Crippen LogP contribution < -0.4 is 18.9 Å². The molecule has 48 heavy (non-hydrogen) atoms. The third-order valence-corrected chi connectivity index (χ3v) is 7.86. The lowest BCUT2D eigenvalue weighted by atomic mass is 9.79. The largest absolute Gasteiger partial charge is 0.494 e. The molecule has 254 valence electrons. The van der Waals surface area contributed by atoms with Crippen molar-refractivity contribution >= 4 is 23.9 Å². The smallest absolute Gasteiger partial charge is 0.343 e. The lowest BCUT2D eigenvalue weighted by Crippen LogP contribution is -2.31. The third-order valence-electron chi connectivity index (χ3n) is 7.86. The number of rotatable bonds is 18. The molecule has 1 saturated carbocycles. The van der Waals surface area contributed by atoms with Crippen LogP contribution in [0.15, 0.2) is 79.4 Å². The van der Waals surface area contributed by atoms with Crippen molar-refractivity contribution in [3.63, 3.8) is 0 Å². The maximum Gasteiger partial charge on any atom is 0.343 e. The van der Waals surface area contributed by atoms with Gasteiger partial charge in [-0.3, -0.25) is 4.79 Å². The molecule has 0 amide bonds. The zero-order valence-electron chi connectivity index (χ0n) is 27.4. The molecule has 0 spiro atoms. The van der Waals surface area contributed by atoms with E-state index < -0.39 is 17.9 Å². The Morgan fingerprint density at radius 3 is 1.88 bits per heavy atom. The van der Waals surface area contributed by atoms with Crippen LogP contribution in [-0.4, -0.2) is 49.8 Å². The normalized spacial score (nSPS) is 13.0. The van der Waals surface area contributed by atoms with Gasteiger partial charge in [0.25, 0.3) is 0 Å². The molecule has 3 aromatic carbocycles. The van der Waals surface area contributed by atoms with Crippen molar-refractivity contribution in [1.82, 2.24) is 0 Å². The van der Waals surface area contributed by atoms with Crippen LogP contribution in [0, 0.1) is 12.8 Å². The van der Waals surface area contributed by atoms with Crippen molar-refractivity contribution < 1.29 is 47.6 Å². The van der Waals surface area contributed by atoms with Crippen LogP contribution >= 0.6 is 0 Å². The number of benzene rings is 3. The lowest BCUT2D eigenvalue weighted by Gasteiger charge is -2.33. The van der Waals surface area contributed by atoms with Crippen molar-refractivity contribution in [3.8, 4) is 23.0 Å². The van der Waals surface area contributed by atoms with Gasteiger partial charge in [-0.25, -0.2) is 14.4 Å². The second kappa shape index (κ2) is 18.3. The molecule has 1 unspecified atom stereocenters. The Hall–Kier alpha value is -5.12. The fraction of sp³-hybridized carbons (Fsp3) is 0.368. The van der Waals surface area contributed by atoms with Crippen molar-refractivity contribution in [2.24, 2.45) is 5.92 Å². The SMILES string of the molecule is C=CC(=O)OC(CCCOc1ccc(C(=O)Oc2ccc(OC(=O)c3ccc(OCCCCOC(C)=O)cc3)cc2C)cc1)C1CCC1. The van der Waals surface area contributed by atoms with E-state index in [-0.39, 0.29) is 12.1 Å². The summed E-state index contributed by atoms with van der Waals surface area (Å²) >= 11 is 0. The van der Waals surface area contributed by atoms with Gasteiger partial charge in [0, 0.05) is 13.0 Å². The molecular formula is C38H42O10. The summed E-state index contributed by atoms with van der Waals surface area (Å²) in [4.78, 5) is 47.9. The third kappa shape index (κ3) is 11.3. The van der Waals surface area contributed by atoms with Crippen LogP contribution in [0.4, 0.5) is 0 Å². The number of carbonyl (C=O) groups is 4. The molecule has 1 atom stereocenters. The number of hydrogen-bond donors (Lipinski definition) is 0. The Morgan fingerprint density at radius 1 is 0.771 bits per heavy atom. The molecule has 0 aliphatic heterocycles. The highest BCUT2D eigenvalue weighted by molar-refractivity contribution is 5.92. The summed E-state index contributed by atoms with van der Waals surface area (Å²) in [6, 6.07) is 18.1. The van der Waals surface area contributed by atoms with Crippen LogP contribution in [0.3, 0.4) is 0 Å². The first-order valence-electron chi connectivity index (χ1n) is 16.2. The maximum atomic E-state index is 12.8. The van der Waals surface area contributed by atoms with Crippen molar-refractivity contribution in [2.45, 2.75) is 64.9 Å². The van der Waals surface area contributed by atoms with Gasteiger partial charge in [-0.15, -0.1) is 0 Å². The van der Waals surface area contributed by atoms with E-state index in [9.17, 15) is 19.2 Å². The molecule has 0 aromatic heterocycles. The number of esters is 4. The maximum absolute atomic E-state index is 12.8. The molecule has 0 heterocycles. The fourth-order valence-electron chi connectivity index (χ4n) is 4.98. The highest BCUT2D eigenvalue weighted by Gasteiger charge is 2.29. The molecule has 1 aliphatic rings. The second-order valence-electron chi connectivity index (χ2n) is 11.5. The van der Waals surface area contributed by atoms with Crippen LogP contribution in [0.5, 0.6) is 23.0 Å². The number of unbranched alkanes of at least 4 members (excludes halogenated alkanes) is 1. The van der Waals surface area contributed by atoms with Gasteiger partial charge in [0.15, 0.2) is 0 Å². The van der Waals surface area contributed by atoms with Gasteiger partial charge in [-0.05, 0) is 124 Å². The van der Waals surface area contributed by atoms with E-state index in [0.29, 0.717) is 71.8 Å². The standard InChI is InChI=1S/C38H42O10/c1-4-36(40)47-35(28-9-7-10-28)11-8-24-45-32-18-14-30(15-19-32)38(42)48-34-21-20-33(25-26(34)2)46-37(41)29-12-16-31(17-13-29)44-23-6-5-22-43-27(3)39/h4,12-21,25,28,35H,1,5-11,22-24H2,2-3H3. The number of hydrogen-bond acceptors (Lipinski definition) is 10. The summed E-state index contributed by atoms with van der Waals surface area (Å²) in [6.07, 6.45) is 7.26. The first kappa shape index (κ1) is 35.7. The number of ether oxygens (including phenoxy) is 6. The Morgan fingerprint density at radius 2 is 1.33 bits per heavy atom. The summed E-state index contributed by atoms with van der Waals surface area (Å²) in [5, 5.41) is 0. The molecule has 0 radical (unpaired) electrons. The summed E-state index contributed by atoms with van der Waals surface area (Å²) in [5.74, 6) is 0.522. The summed E-state index contributed by atoms with van der Waals surface area (Å²) < 4.78 is 33.0. The minimum absolute atomic E-state index is 0.114. The van der Waals surface area contributed by atoms with Crippen LogP contribution in [-0.2, 0) is 19.1 Å². The van der Waals surface area contributed by atoms with Gasteiger partial charge >= 0.3 is 23.9 Å². The number of carbonyl (C=O) groups excluding carboxylic acids is 4. The van der Waals surface area contributed by atoms with Gasteiger partial charge in [-0.2, -0.15) is 0 Å². The zero-order valence-corrected chi connectivity index (χ0v) is 27.4. The first-order valence-corrected chi connectivity index (χ1v) is 16.2. The topological polar surface area (TPSA) is 124 Å². The van der Waals surface area contributed by atoms with E-state index in [0.717, 1.165) is 38.5 Å². The minimum atomic E-state index is -0.538. The molecule has 0 bridgehead atoms. The van der Waals surface area contributed by atoms with Crippen molar-refractivity contribution in [2.75, 3.05) is 19.8 Å². The molecule has 10 heteroatoms. The predicted molar refractivity (Wildman–Crippen MR) is 177 cm³/mol. The zero-order chi connectivity index (χ0) is 34.3. The molecule has 1 aliphatic carbocycles. The van der Waals surface area contributed by atoms with Crippen LogP contribution in [0.1, 0.15) is 78.1 Å². The fourth-order valence-corrected chi connectivity index (χ4v) is 4.98. The lowest BCUT2D eigenvalue weighted by molar-refractivity contribution is -0.148. The highest BCUT2D eigenvalue weighted by Crippen LogP contribution is 2.33. The van der Waals surface area contributed by atoms with Crippen LogP contribution in [0.2, 0.25) is 0 Å². The van der Waals surface area contributed by atoms with Crippen molar-refractivity contribution in [1.29, 1.82) is 0 Å². The molecule has 3 aromatic rings. The molecule has 1 fully saturated rings. The molecule has 0 N–H and O–H groups in total. The summed E-state index contributed by atoms with van der Waals surface area (Å²) in [7, 11) is 0. The predicted octanol–water partition coefficient (Wildman–Crippen LogP) is 7.21. The van der Waals surface area contributed by atoms with E-state index in [1.54, 1.807) is 73.7 Å². The van der Waals surface area contributed by atoms with Gasteiger partial charge in [0.1, 0.15) is 29.1 Å². The molecule has 4 rings (SSSR count). The molecule has 10 nitrogen and oxygen atoms in total.